The summed E-state index contributed by atoms with van der Waals surface area (Å²) in [6.07, 6.45) is -2.92. The van der Waals surface area contributed by atoms with E-state index in [1.807, 2.05) is 0 Å². The number of rotatable bonds is 11. The zero-order valence-corrected chi connectivity index (χ0v) is 18.7. The molecule has 182 valence electrons. The van der Waals surface area contributed by atoms with Gasteiger partial charge in [-0.15, -0.1) is 4.20 Å². The van der Waals surface area contributed by atoms with Crippen molar-refractivity contribution in [2.24, 2.45) is 0 Å². The van der Waals surface area contributed by atoms with E-state index < -0.39 is 49.1 Å². The maximum Gasteiger partial charge on any atom is 0.511 e. The number of aromatic nitrogens is 1. The van der Waals surface area contributed by atoms with E-state index >= 15 is 0 Å². The lowest BCUT2D eigenvalue weighted by molar-refractivity contribution is -0.133. The minimum absolute atomic E-state index is 0.0174. The summed E-state index contributed by atoms with van der Waals surface area (Å²) in [6.45, 7) is -1.51. The smallest absolute Gasteiger partial charge is 0.343 e. The number of benzene rings is 1. The number of halogens is 4. The van der Waals surface area contributed by atoms with Gasteiger partial charge >= 0.3 is 14.3 Å². The highest BCUT2D eigenvalue weighted by Crippen LogP contribution is 2.49. The molecule has 3 atom stereocenters. The lowest BCUT2D eigenvalue weighted by atomic mass is 9.99. The van der Waals surface area contributed by atoms with Crippen molar-refractivity contribution in [1.82, 2.24) is 15.0 Å². The first-order chi connectivity index (χ1) is 15.3. The number of hydrogen-bond acceptors (Lipinski definition) is 6. The largest absolute Gasteiger partial charge is 0.511 e. The Kier molecular flexibility index (Phi) is 9.09. The summed E-state index contributed by atoms with van der Waals surface area (Å²) in [4.78, 5) is 24.3. The standard InChI is InChI=1S/C18H20F4N3O6PS/c1-33(29,30)24-10-14-7-6-13(9-23-14)11-2-4-12(5-3-11)16(31-32(22,27)28)15(8-19)25-18(26)17(20)21/h2-7,9,15-17,24H,8,10H2,1H3,(H,25,26)(H,27,28). The van der Waals surface area contributed by atoms with Crippen molar-refractivity contribution < 1.29 is 44.6 Å². The molecule has 0 spiro atoms. The van der Waals surface area contributed by atoms with Crippen molar-refractivity contribution in [3.8, 4) is 11.1 Å². The Morgan fingerprint density at radius 2 is 1.79 bits per heavy atom. The molecule has 0 saturated heterocycles. The molecule has 0 aliphatic rings. The van der Waals surface area contributed by atoms with Crippen LogP contribution in [0.15, 0.2) is 42.6 Å². The lowest BCUT2D eigenvalue weighted by Crippen LogP contribution is -2.44. The van der Waals surface area contributed by atoms with Gasteiger partial charge < -0.3 is 5.32 Å². The highest BCUT2D eigenvalue weighted by atomic mass is 32.2. The molecule has 15 heteroatoms. The molecule has 2 aromatic rings. The fourth-order valence-electron chi connectivity index (χ4n) is 2.72. The molecule has 0 saturated carbocycles. The van der Waals surface area contributed by atoms with E-state index in [0.29, 0.717) is 16.8 Å². The number of amides is 1. The molecule has 0 fully saturated rings. The minimum Gasteiger partial charge on any atom is -0.343 e. The van der Waals surface area contributed by atoms with E-state index in [1.54, 1.807) is 17.4 Å². The molecule has 0 radical (unpaired) electrons. The van der Waals surface area contributed by atoms with Crippen molar-refractivity contribution in [1.29, 1.82) is 0 Å². The van der Waals surface area contributed by atoms with Gasteiger partial charge in [0.15, 0.2) is 0 Å². The SMILES string of the molecule is CS(=O)(=O)NCc1ccc(-c2ccc(C(OP(=O)(O)F)C(CF)NC(=O)C(F)F)cc2)cn1. The van der Waals surface area contributed by atoms with Crippen LogP contribution < -0.4 is 10.0 Å². The van der Waals surface area contributed by atoms with E-state index in [1.165, 1.54) is 30.5 Å². The van der Waals surface area contributed by atoms with Crippen molar-refractivity contribution in [2.75, 3.05) is 12.9 Å². The van der Waals surface area contributed by atoms with Crippen LogP contribution in [-0.2, 0) is 30.5 Å². The number of pyridine rings is 1. The number of carbonyl (C=O) groups is 1. The fraction of sp³-hybridized carbons (Fsp3) is 0.333. The molecule has 3 unspecified atom stereocenters. The predicted molar refractivity (Wildman–Crippen MR) is 110 cm³/mol. The van der Waals surface area contributed by atoms with Crippen LogP contribution in [0, 0.1) is 0 Å². The molecule has 1 amide bonds. The average Bonchev–Trinajstić information content (AvgIpc) is 2.73. The van der Waals surface area contributed by atoms with Gasteiger partial charge in [-0.3, -0.25) is 19.2 Å². The topological polar surface area (TPSA) is 135 Å². The molecule has 3 N–H and O–H groups in total. The van der Waals surface area contributed by atoms with Crippen molar-refractivity contribution >= 4 is 23.8 Å². The third-order valence-corrected chi connectivity index (χ3v) is 5.37. The Balaban J connectivity index is 2.25. The molecular formula is C18H20F4N3O6PS. The third-order valence-electron chi connectivity index (χ3n) is 4.21. The summed E-state index contributed by atoms with van der Waals surface area (Å²) in [5, 5.41) is 1.62. The van der Waals surface area contributed by atoms with Gasteiger partial charge in [-0.2, -0.15) is 8.78 Å². The first-order valence-electron chi connectivity index (χ1n) is 9.14. The average molecular weight is 513 g/mol. The minimum atomic E-state index is -5.68. The Morgan fingerprint density at radius 1 is 1.18 bits per heavy atom. The third kappa shape index (κ3) is 8.82. The molecule has 9 nitrogen and oxygen atoms in total. The second kappa shape index (κ2) is 11.2. The molecule has 0 bridgehead atoms. The van der Waals surface area contributed by atoms with Crippen LogP contribution in [0.25, 0.3) is 11.1 Å². The molecule has 0 aliphatic heterocycles. The van der Waals surface area contributed by atoms with Crippen LogP contribution in [0.3, 0.4) is 0 Å². The van der Waals surface area contributed by atoms with Crippen molar-refractivity contribution in [3.63, 3.8) is 0 Å². The van der Waals surface area contributed by atoms with Gasteiger partial charge in [0, 0.05) is 11.8 Å². The summed E-state index contributed by atoms with van der Waals surface area (Å²) in [5.41, 5.74) is 1.50. The Hall–Kier alpha value is -2.38. The van der Waals surface area contributed by atoms with Crippen molar-refractivity contribution in [3.05, 3.63) is 53.9 Å². The van der Waals surface area contributed by atoms with Crippen LogP contribution in [0.1, 0.15) is 17.4 Å². The highest BCUT2D eigenvalue weighted by Gasteiger charge is 2.34. The van der Waals surface area contributed by atoms with E-state index in [0.717, 1.165) is 6.26 Å². The zero-order valence-electron chi connectivity index (χ0n) is 17.0. The second-order valence-electron chi connectivity index (χ2n) is 6.80. The van der Waals surface area contributed by atoms with E-state index in [9.17, 15) is 35.1 Å². The number of carbonyl (C=O) groups excluding carboxylic acids is 1. The van der Waals surface area contributed by atoms with Gasteiger partial charge in [0.05, 0.1) is 24.5 Å². The summed E-state index contributed by atoms with van der Waals surface area (Å²) in [6, 6.07) is 6.77. The number of alkyl halides is 3. The van der Waals surface area contributed by atoms with Gasteiger partial charge in [0.1, 0.15) is 12.8 Å². The maximum absolute atomic E-state index is 13.4. The van der Waals surface area contributed by atoms with Crippen LogP contribution in [0.5, 0.6) is 0 Å². The normalized spacial score (nSPS) is 15.6. The van der Waals surface area contributed by atoms with Gasteiger partial charge in [0.2, 0.25) is 10.0 Å². The zero-order chi connectivity index (χ0) is 24.8. The van der Waals surface area contributed by atoms with E-state index in [4.69, 9.17) is 4.89 Å². The fourth-order valence-corrected chi connectivity index (χ4v) is 3.68. The van der Waals surface area contributed by atoms with Crippen LogP contribution in [0.2, 0.25) is 0 Å². The highest BCUT2D eigenvalue weighted by molar-refractivity contribution is 7.88. The van der Waals surface area contributed by atoms with Crippen LogP contribution in [0.4, 0.5) is 17.4 Å². The van der Waals surface area contributed by atoms with Gasteiger partial charge in [-0.05, 0) is 17.2 Å². The van der Waals surface area contributed by atoms with Gasteiger partial charge in [-0.25, -0.2) is 22.1 Å². The summed E-state index contributed by atoms with van der Waals surface area (Å²) in [5.74, 6) is -1.86. The molecule has 2 rings (SSSR count). The number of nitrogens with one attached hydrogen (secondary N) is 2. The first-order valence-corrected chi connectivity index (χ1v) is 12.5. The molecule has 0 aliphatic carbocycles. The predicted octanol–water partition coefficient (Wildman–Crippen LogP) is 2.64. The Labute approximate surface area is 186 Å². The lowest BCUT2D eigenvalue weighted by Gasteiger charge is -2.26. The molecule has 1 heterocycles. The second-order valence-corrected chi connectivity index (χ2v) is 9.75. The number of sulfonamides is 1. The molecular weight excluding hydrogens is 493 g/mol. The van der Waals surface area contributed by atoms with Crippen LogP contribution in [-0.4, -0.2) is 49.6 Å². The van der Waals surface area contributed by atoms with Crippen molar-refractivity contribution in [2.45, 2.75) is 25.1 Å². The van der Waals surface area contributed by atoms with Gasteiger partial charge in [-0.1, -0.05) is 30.3 Å². The first kappa shape index (κ1) is 26.9. The number of nitrogens with zero attached hydrogens (tertiary/aromatic N) is 1. The quantitative estimate of drug-likeness (QED) is 0.311. The monoisotopic (exact) mass is 513 g/mol. The molecule has 33 heavy (non-hydrogen) atoms. The Morgan fingerprint density at radius 3 is 2.24 bits per heavy atom. The maximum atomic E-state index is 13.4. The van der Waals surface area contributed by atoms with Crippen LogP contribution >= 0.6 is 7.91 Å². The Bertz CT molecular complexity index is 1100. The summed E-state index contributed by atoms with van der Waals surface area (Å²) < 4.78 is 91.8. The summed E-state index contributed by atoms with van der Waals surface area (Å²) >= 11 is 0. The van der Waals surface area contributed by atoms with E-state index in [2.05, 4.69) is 14.2 Å². The molecule has 1 aromatic heterocycles. The van der Waals surface area contributed by atoms with E-state index in [-0.39, 0.29) is 12.1 Å². The summed E-state index contributed by atoms with van der Waals surface area (Å²) in [7, 11) is -9.07. The van der Waals surface area contributed by atoms with Gasteiger partial charge in [0.25, 0.3) is 5.91 Å². The number of hydrogen-bond donors (Lipinski definition) is 3. The molecule has 1 aromatic carbocycles.